The van der Waals surface area contributed by atoms with Crippen LogP contribution in [0.5, 0.6) is 0 Å². The molecule has 23 heavy (non-hydrogen) atoms. The van der Waals surface area contributed by atoms with Gasteiger partial charge in [0.1, 0.15) is 0 Å². The Morgan fingerprint density at radius 3 is 2.78 bits per heavy atom. The van der Waals surface area contributed by atoms with Crippen LogP contribution in [-0.2, 0) is 14.6 Å². The SMILES string of the molecule is C[C@]1(NC(=O)CN2CCC(c3ccn[nH]3)CC2)CCS(=O)(=O)C1. The third-order valence-corrected chi connectivity index (χ3v) is 6.76. The fraction of sp³-hybridized carbons (Fsp3) is 0.733. The first-order valence-electron chi connectivity index (χ1n) is 8.08. The van der Waals surface area contributed by atoms with Crippen molar-refractivity contribution < 1.29 is 13.2 Å². The van der Waals surface area contributed by atoms with Crippen molar-refractivity contribution in [3.05, 3.63) is 18.0 Å². The molecule has 128 valence electrons. The van der Waals surface area contributed by atoms with E-state index in [1.165, 1.54) is 0 Å². The number of aromatic amines is 1. The van der Waals surface area contributed by atoms with Gasteiger partial charge in [0.15, 0.2) is 9.84 Å². The standard InChI is InChI=1S/C15H24N4O3S/c1-15(5-9-23(21,22)11-15)17-14(20)10-19-7-3-12(4-8-19)13-2-6-16-18-13/h2,6,12H,3-5,7-11H2,1H3,(H,16,18)(H,17,20)/t15-/m0/s1. The molecule has 1 aromatic rings. The van der Waals surface area contributed by atoms with Gasteiger partial charge in [-0.05, 0) is 45.3 Å². The lowest BCUT2D eigenvalue weighted by molar-refractivity contribution is -0.124. The number of nitrogens with one attached hydrogen (secondary N) is 2. The predicted molar refractivity (Wildman–Crippen MR) is 86.8 cm³/mol. The van der Waals surface area contributed by atoms with Gasteiger partial charge in [0.25, 0.3) is 0 Å². The molecule has 3 rings (SSSR count). The number of hydrogen-bond acceptors (Lipinski definition) is 5. The molecule has 8 heteroatoms. The number of piperidine rings is 1. The van der Waals surface area contributed by atoms with Crippen LogP contribution in [0.4, 0.5) is 0 Å². The fourth-order valence-electron chi connectivity index (χ4n) is 3.58. The third-order valence-electron chi connectivity index (χ3n) is 4.86. The first kappa shape index (κ1) is 16.4. The van der Waals surface area contributed by atoms with Crippen molar-refractivity contribution >= 4 is 15.7 Å². The summed E-state index contributed by atoms with van der Waals surface area (Å²) >= 11 is 0. The van der Waals surface area contributed by atoms with E-state index in [2.05, 4.69) is 20.4 Å². The fourth-order valence-corrected chi connectivity index (χ4v) is 5.68. The average Bonchev–Trinajstić information content (AvgIpc) is 3.08. The minimum Gasteiger partial charge on any atom is -0.349 e. The number of H-pyrrole nitrogens is 1. The summed E-state index contributed by atoms with van der Waals surface area (Å²) in [6.45, 7) is 3.89. The highest BCUT2D eigenvalue weighted by molar-refractivity contribution is 7.91. The van der Waals surface area contributed by atoms with Gasteiger partial charge >= 0.3 is 0 Å². The van der Waals surface area contributed by atoms with E-state index in [0.29, 0.717) is 18.9 Å². The van der Waals surface area contributed by atoms with E-state index in [-0.39, 0.29) is 17.4 Å². The van der Waals surface area contributed by atoms with Crippen molar-refractivity contribution in [1.82, 2.24) is 20.4 Å². The maximum absolute atomic E-state index is 12.2. The van der Waals surface area contributed by atoms with E-state index in [1.807, 2.05) is 13.0 Å². The van der Waals surface area contributed by atoms with Gasteiger partial charge in [-0.1, -0.05) is 0 Å². The van der Waals surface area contributed by atoms with Gasteiger partial charge < -0.3 is 5.32 Å². The number of carbonyl (C=O) groups excluding carboxylic acids is 1. The van der Waals surface area contributed by atoms with E-state index >= 15 is 0 Å². The number of sulfone groups is 1. The van der Waals surface area contributed by atoms with Gasteiger partial charge in [0.05, 0.1) is 23.6 Å². The summed E-state index contributed by atoms with van der Waals surface area (Å²) in [5.41, 5.74) is 0.558. The number of nitrogens with zero attached hydrogens (tertiary/aromatic N) is 2. The molecule has 0 radical (unpaired) electrons. The number of aromatic nitrogens is 2. The Hall–Kier alpha value is -1.41. The van der Waals surface area contributed by atoms with Crippen LogP contribution in [0.25, 0.3) is 0 Å². The molecule has 0 saturated carbocycles. The van der Waals surface area contributed by atoms with Crippen molar-refractivity contribution in [2.24, 2.45) is 0 Å². The Morgan fingerprint density at radius 1 is 1.48 bits per heavy atom. The minimum atomic E-state index is -3.00. The van der Waals surface area contributed by atoms with Crippen LogP contribution in [0.15, 0.2) is 12.3 Å². The second kappa shape index (κ2) is 6.24. The summed E-state index contributed by atoms with van der Waals surface area (Å²) in [6.07, 6.45) is 4.27. The highest BCUT2D eigenvalue weighted by atomic mass is 32.2. The summed E-state index contributed by atoms with van der Waals surface area (Å²) in [5.74, 6) is 0.617. The number of rotatable bonds is 4. The zero-order chi connectivity index (χ0) is 16.5. The number of amides is 1. The second-order valence-electron chi connectivity index (χ2n) is 7.01. The minimum absolute atomic E-state index is 0.0492. The molecular weight excluding hydrogens is 316 g/mol. The maximum atomic E-state index is 12.2. The molecule has 0 bridgehead atoms. The van der Waals surface area contributed by atoms with Crippen LogP contribution < -0.4 is 5.32 Å². The lowest BCUT2D eigenvalue weighted by Gasteiger charge is -2.32. The second-order valence-corrected chi connectivity index (χ2v) is 9.20. The molecule has 2 saturated heterocycles. The predicted octanol–water partition coefficient (Wildman–Crippen LogP) is 0.283. The molecule has 1 amide bonds. The molecule has 0 unspecified atom stereocenters. The number of hydrogen-bond donors (Lipinski definition) is 2. The van der Waals surface area contributed by atoms with Gasteiger partial charge in [-0.25, -0.2) is 8.42 Å². The highest BCUT2D eigenvalue weighted by Crippen LogP contribution is 2.26. The van der Waals surface area contributed by atoms with Gasteiger partial charge in [-0.2, -0.15) is 5.10 Å². The zero-order valence-electron chi connectivity index (χ0n) is 13.4. The van der Waals surface area contributed by atoms with Gasteiger partial charge in [-0.3, -0.25) is 14.8 Å². The average molecular weight is 340 g/mol. The lowest BCUT2D eigenvalue weighted by Crippen LogP contribution is -2.51. The summed E-state index contributed by atoms with van der Waals surface area (Å²) in [6, 6.07) is 2.01. The lowest BCUT2D eigenvalue weighted by atomic mass is 9.93. The van der Waals surface area contributed by atoms with Crippen molar-refractivity contribution in [1.29, 1.82) is 0 Å². The number of likely N-dealkylation sites (tertiary alicyclic amines) is 1. The molecule has 0 spiro atoms. The van der Waals surface area contributed by atoms with Crippen LogP contribution in [-0.4, -0.2) is 66.1 Å². The Bertz CT molecular complexity index is 650. The smallest absolute Gasteiger partial charge is 0.234 e. The molecule has 1 aromatic heterocycles. The van der Waals surface area contributed by atoms with Gasteiger partial charge in [-0.15, -0.1) is 0 Å². The summed E-state index contributed by atoms with van der Waals surface area (Å²) in [5, 5.41) is 9.93. The van der Waals surface area contributed by atoms with Gasteiger partial charge in [0.2, 0.25) is 5.91 Å². The van der Waals surface area contributed by atoms with Crippen LogP contribution in [0.1, 0.15) is 37.8 Å². The van der Waals surface area contributed by atoms with Crippen LogP contribution in [0.3, 0.4) is 0 Å². The van der Waals surface area contributed by atoms with Crippen LogP contribution >= 0.6 is 0 Å². The molecule has 3 heterocycles. The Labute approximate surface area is 136 Å². The van der Waals surface area contributed by atoms with E-state index < -0.39 is 15.4 Å². The van der Waals surface area contributed by atoms with E-state index in [4.69, 9.17) is 0 Å². The Balaban J connectivity index is 1.46. The third kappa shape index (κ3) is 4.11. The molecule has 0 aromatic carbocycles. The summed E-state index contributed by atoms with van der Waals surface area (Å²) in [4.78, 5) is 14.4. The van der Waals surface area contributed by atoms with Crippen LogP contribution in [0, 0.1) is 0 Å². The summed E-state index contributed by atoms with van der Waals surface area (Å²) < 4.78 is 23.2. The van der Waals surface area contributed by atoms with Crippen molar-refractivity contribution in [3.8, 4) is 0 Å². The van der Waals surface area contributed by atoms with E-state index in [0.717, 1.165) is 31.6 Å². The van der Waals surface area contributed by atoms with Crippen molar-refractivity contribution in [3.63, 3.8) is 0 Å². The first-order valence-corrected chi connectivity index (χ1v) is 9.90. The monoisotopic (exact) mass is 340 g/mol. The molecule has 7 nitrogen and oxygen atoms in total. The quantitative estimate of drug-likeness (QED) is 0.821. The van der Waals surface area contributed by atoms with Crippen molar-refractivity contribution in [2.45, 2.75) is 37.6 Å². The van der Waals surface area contributed by atoms with E-state index in [9.17, 15) is 13.2 Å². The molecular formula is C15H24N4O3S. The molecule has 0 aliphatic carbocycles. The Morgan fingerprint density at radius 2 is 2.22 bits per heavy atom. The van der Waals surface area contributed by atoms with Crippen LogP contribution in [0.2, 0.25) is 0 Å². The van der Waals surface area contributed by atoms with E-state index in [1.54, 1.807) is 6.20 Å². The molecule has 2 N–H and O–H groups in total. The van der Waals surface area contributed by atoms with Crippen molar-refractivity contribution in [2.75, 3.05) is 31.1 Å². The van der Waals surface area contributed by atoms with Gasteiger partial charge in [0, 0.05) is 17.8 Å². The number of carbonyl (C=O) groups is 1. The highest BCUT2D eigenvalue weighted by Gasteiger charge is 2.39. The normalized spacial score (nSPS) is 28.7. The topological polar surface area (TPSA) is 95.2 Å². The zero-order valence-corrected chi connectivity index (χ0v) is 14.2. The molecule has 2 aliphatic rings. The molecule has 2 fully saturated rings. The summed E-state index contributed by atoms with van der Waals surface area (Å²) in [7, 11) is -3.00. The maximum Gasteiger partial charge on any atom is 0.234 e. The first-order chi connectivity index (χ1) is 10.9. The molecule has 2 aliphatic heterocycles. The largest absolute Gasteiger partial charge is 0.349 e. The molecule has 1 atom stereocenters. The Kier molecular flexibility index (Phi) is 4.46.